The Morgan fingerprint density at radius 2 is 0.545 bits per heavy atom. The van der Waals surface area contributed by atoms with Gasteiger partial charge in [-0.3, -0.25) is 0 Å². The number of rotatable bonds is 6. The van der Waals surface area contributed by atoms with E-state index in [4.69, 9.17) is 0 Å². The van der Waals surface area contributed by atoms with Crippen LogP contribution in [0.4, 0.5) is 34.1 Å². The molecule has 0 unspecified atom stereocenters. The monoisotopic (exact) mass is 538 g/mol. The summed E-state index contributed by atoms with van der Waals surface area (Å²) >= 11 is 2.35. The summed E-state index contributed by atoms with van der Waals surface area (Å²) in [4.78, 5) is 4.57. The lowest BCUT2D eigenvalue weighted by molar-refractivity contribution is 1.25. The minimum Gasteiger partial charge on any atom is -0.311 e. The molecule has 0 radical (unpaired) electrons. The van der Waals surface area contributed by atoms with Gasteiger partial charge in [0.05, 0.1) is 0 Å². The summed E-state index contributed by atoms with van der Waals surface area (Å²) in [6.07, 6.45) is 0. The largest absolute Gasteiger partial charge is 0.311 e. The molecule has 33 heavy (non-hydrogen) atoms. The SMILES string of the molecule is Ic1ccc(N(c2ccccc2)c2ccc(N(c3ccccc3)c3ccccc3)cc2)cc1. The van der Waals surface area contributed by atoms with Crippen LogP contribution in [0.2, 0.25) is 0 Å². The predicted molar refractivity (Wildman–Crippen MR) is 149 cm³/mol. The Bertz CT molecular complexity index is 1250. The molecule has 0 aliphatic carbocycles. The average Bonchev–Trinajstić information content (AvgIpc) is 2.88. The molecule has 0 saturated carbocycles. The lowest BCUT2D eigenvalue weighted by atomic mass is 10.1. The van der Waals surface area contributed by atoms with Gasteiger partial charge in [-0.05, 0) is 108 Å². The number of hydrogen-bond donors (Lipinski definition) is 0. The first-order valence-corrected chi connectivity index (χ1v) is 12.0. The molecular weight excluding hydrogens is 515 g/mol. The highest BCUT2D eigenvalue weighted by Gasteiger charge is 2.15. The Balaban J connectivity index is 1.57. The second-order valence-corrected chi connectivity index (χ2v) is 8.92. The lowest BCUT2D eigenvalue weighted by Gasteiger charge is -2.28. The fraction of sp³-hybridized carbons (Fsp3) is 0. The highest BCUT2D eigenvalue weighted by molar-refractivity contribution is 14.1. The van der Waals surface area contributed by atoms with E-state index < -0.39 is 0 Å². The van der Waals surface area contributed by atoms with E-state index in [-0.39, 0.29) is 0 Å². The third-order valence-corrected chi connectivity index (χ3v) is 6.21. The zero-order valence-corrected chi connectivity index (χ0v) is 20.2. The van der Waals surface area contributed by atoms with Gasteiger partial charge in [0, 0.05) is 37.7 Å². The summed E-state index contributed by atoms with van der Waals surface area (Å²) in [5.41, 5.74) is 6.77. The van der Waals surface area contributed by atoms with Gasteiger partial charge in [-0.15, -0.1) is 0 Å². The van der Waals surface area contributed by atoms with Gasteiger partial charge in [0.25, 0.3) is 0 Å². The van der Waals surface area contributed by atoms with E-state index in [2.05, 4.69) is 172 Å². The number of nitrogens with zero attached hydrogens (tertiary/aromatic N) is 2. The summed E-state index contributed by atoms with van der Waals surface area (Å²) in [5.74, 6) is 0. The first kappa shape index (κ1) is 21.3. The molecule has 0 aliphatic rings. The number of hydrogen-bond acceptors (Lipinski definition) is 2. The molecule has 0 saturated heterocycles. The third kappa shape index (κ3) is 4.78. The smallest absolute Gasteiger partial charge is 0.0463 e. The summed E-state index contributed by atoms with van der Waals surface area (Å²) in [5, 5.41) is 0. The molecule has 0 fully saturated rings. The molecule has 5 aromatic carbocycles. The quantitative estimate of drug-likeness (QED) is 0.199. The van der Waals surface area contributed by atoms with Crippen LogP contribution in [-0.4, -0.2) is 0 Å². The topological polar surface area (TPSA) is 6.48 Å². The third-order valence-electron chi connectivity index (χ3n) is 5.49. The second-order valence-electron chi connectivity index (χ2n) is 7.67. The van der Waals surface area contributed by atoms with Crippen molar-refractivity contribution < 1.29 is 0 Å². The van der Waals surface area contributed by atoms with Gasteiger partial charge in [-0.2, -0.15) is 0 Å². The van der Waals surface area contributed by atoms with Crippen LogP contribution in [0.25, 0.3) is 0 Å². The second kappa shape index (κ2) is 9.92. The van der Waals surface area contributed by atoms with Gasteiger partial charge in [0.1, 0.15) is 0 Å². The number of para-hydroxylation sites is 3. The highest BCUT2D eigenvalue weighted by Crippen LogP contribution is 2.38. The van der Waals surface area contributed by atoms with Crippen molar-refractivity contribution in [1.29, 1.82) is 0 Å². The number of anilines is 6. The Morgan fingerprint density at radius 1 is 0.303 bits per heavy atom. The van der Waals surface area contributed by atoms with Gasteiger partial charge >= 0.3 is 0 Å². The van der Waals surface area contributed by atoms with E-state index in [0.29, 0.717) is 0 Å². The van der Waals surface area contributed by atoms with Crippen molar-refractivity contribution in [2.75, 3.05) is 9.80 Å². The van der Waals surface area contributed by atoms with Crippen molar-refractivity contribution in [3.8, 4) is 0 Å². The fourth-order valence-electron chi connectivity index (χ4n) is 3.97. The van der Waals surface area contributed by atoms with Gasteiger partial charge < -0.3 is 9.80 Å². The Hall–Kier alpha value is -3.57. The van der Waals surface area contributed by atoms with E-state index in [1.165, 1.54) is 3.57 Å². The first-order valence-electron chi connectivity index (χ1n) is 10.9. The Morgan fingerprint density at radius 3 is 0.848 bits per heavy atom. The maximum absolute atomic E-state index is 2.35. The molecule has 0 amide bonds. The maximum atomic E-state index is 2.35. The molecule has 3 heteroatoms. The normalized spacial score (nSPS) is 10.6. The van der Waals surface area contributed by atoms with Gasteiger partial charge in [-0.25, -0.2) is 0 Å². The molecule has 0 N–H and O–H groups in total. The van der Waals surface area contributed by atoms with E-state index in [1.54, 1.807) is 0 Å². The summed E-state index contributed by atoms with van der Waals surface area (Å²) < 4.78 is 1.22. The van der Waals surface area contributed by atoms with Crippen LogP contribution in [0.15, 0.2) is 140 Å². The minimum absolute atomic E-state index is 1.12. The molecule has 0 spiro atoms. The van der Waals surface area contributed by atoms with E-state index in [9.17, 15) is 0 Å². The summed E-state index contributed by atoms with van der Waals surface area (Å²) in [7, 11) is 0. The van der Waals surface area contributed by atoms with Crippen molar-refractivity contribution in [2.45, 2.75) is 0 Å². The van der Waals surface area contributed by atoms with Crippen molar-refractivity contribution in [1.82, 2.24) is 0 Å². The standard InChI is InChI=1S/C30H23IN2/c31-24-16-18-28(19-17-24)33(27-14-8-3-9-15-27)30-22-20-29(21-23-30)32(25-10-4-1-5-11-25)26-12-6-2-7-13-26/h1-23H. The Labute approximate surface area is 208 Å². The van der Waals surface area contributed by atoms with Crippen molar-refractivity contribution >= 4 is 56.7 Å². The van der Waals surface area contributed by atoms with Crippen molar-refractivity contribution in [2.24, 2.45) is 0 Å². The average molecular weight is 538 g/mol. The molecule has 0 aromatic heterocycles. The van der Waals surface area contributed by atoms with Crippen LogP contribution in [0.1, 0.15) is 0 Å². The number of halogens is 1. The molecule has 0 heterocycles. The lowest BCUT2D eigenvalue weighted by Crippen LogP contribution is -2.12. The van der Waals surface area contributed by atoms with Gasteiger partial charge in [0.2, 0.25) is 0 Å². The van der Waals surface area contributed by atoms with E-state index >= 15 is 0 Å². The molecule has 0 bridgehead atoms. The van der Waals surface area contributed by atoms with Crippen molar-refractivity contribution in [3.05, 3.63) is 143 Å². The molecule has 160 valence electrons. The van der Waals surface area contributed by atoms with Crippen LogP contribution < -0.4 is 9.80 Å². The molecule has 5 rings (SSSR count). The Kier molecular flexibility index (Phi) is 6.40. The molecule has 2 nitrogen and oxygen atoms in total. The molecule has 5 aromatic rings. The zero-order valence-electron chi connectivity index (χ0n) is 18.1. The minimum atomic E-state index is 1.12. The predicted octanol–water partition coefficient (Wildman–Crippen LogP) is 9.23. The first-order chi connectivity index (χ1) is 16.3. The van der Waals surface area contributed by atoms with Crippen LogP contribution in [-0.2, 0) is 0 Å². The van der Waals surface area contributed by atoms with E-state index in [1.807, 2.05) is 0 Å². The van der Waals surface area contributed by atoms with Gasteiger partial charge in [-0.1, -0.05) is 54.6 Å². The zero-order chi connectivity index (χ0) is 22.5. The van der Waals surface area contributed by atoms with Crippen LogP contribution >= 0.6 is 22.6 Å². The molecule has 0 aliphatic heterocycles. The van der Waals surface area contributed by atoms with Crippen molar-refractivity contribution in [3.63, 3.8) is 0 Å². The van der Waals surface area contributed by atoms with E-state index in [0.717, 1.165) is 34.1 Å². The molecule has 0 atom stereocenters. The van der Waals surface area contributed by atoms with Crippen LogP contribution in [0.5, 0.6) is 0 Å². The maximum Gasteiger partial charge on any atom is 0.0463 e. The summed E-state index contributed by atoms with van der Waals surface area (Å²) in [6.45, 7) is 0. The van der Waals surface area contributed by atoms with Crippen LogP contribution in [0.3, 0.4) is 0 Å². The summed E-state index contributed by atoms with van der Waals surface area (Å²) in [6, 6.07) is 48.9. The molecular formula is C30H23IN2. The number of benzene rings is 5. The fourth-order valence-corrected chi connectivity index (χ4v) is 4.33. The van der Waals surface area contributed by atoms with Gasteiger partial charge in [0.15, 0.2) is 0 Å². The highest BCUT2D eigenvalue weighted by atomic mass is 127. The van der Waals surface area contributed by atoms with Crippen LogP contribution in [0, 0.1) is 3.57 Å².